The van der Waals surface area contributed by atoms with Gasteiger partial charge in [-0.1, -0.05) is 36.4 Å². The minimum atomic E-state index is -0.442. The van der Waals surface area contributed by atoms with Gasteiger partial charge in [-0.05, 0) is 44.2 Å². The number of hydrogen-bond acceptors (Lipinski definition) is 5. The van der Waals surface area contributed by atoms with Crippen LogP contribution in [0.15, 0.2) is 65.8 Å². The van der Waals surface area contributed by atoms with E-state index in [1.54, 1.807) is 18.0 Å². The van der Waals surface area contributed by atoms with Crippen molar-refractivity contribution in [1.29, 1.82) is 0 Å². The zero-order valence-electron chi connectivity index (χ0n) is 15.1. The molecular weight excluding hydrogens is 350 g/mol. The lowest BCUT2D eigenvalue weighted by Crippen LogP contribution is -2.16. The predicted molar refractivity (Wildman–Crippen MR) is 108 cm³/mol. The van der Waals surface area contributed by atoms with Crippen molar-refractivity contribution in [2.45, 2.75) is 13.8 Å². The molecule has 26 heavy (non-hydrogen) atoms. The van der Waals surface area contributed by atoms with Crippen LogP contribution in [0.4, 0.5) is 11.4 Å². The number of hydrazone groups is 1. The highest BCUT2D eigenvalue weighted by molar-refractivity contribution is 6.31. The van der Waals surface area contributed by atoms with E-state index in [2.05, 4.69) is 17.0 Å². The average molecular weight is 372 g/mol. The first-order valence-electron chi connectivity index (χ1n) is 8.09. The van der Waals surface area contributed by atoms with E-state index < -0.39 is 5.97 Å². The summed E-state index contributed by atoms with van der Waals surface area (Å²) in [5.74, 6) is -0.442. The Bertz CT molecular complexity index is 819. The van der Waals surface area contributed by atoms with Gasteiger partial charge in [0.1, 0.15) is 0 Å². The molecule has 0 aliphatic rings. The van der Waals surface area contributed by atoms with Gasteiger partial charge in [-0.25, -0.2) is 4.79 Å². The lowest BCUT2D eigenvalue weighted by Gasteiger charge is -2.17. The van der Waals surface area contributed by atoms with E-state index in [4.69, 9.17) is 16.3 Å². The summed E-state index contributed by atoms with van der Waals surface area (Å²) in [6.07, 6.45) is 0. The smallest absolute Gasteiger partial charge is 0.334 e. The molecule has 5 nitrogen and oxygen atoms in total. The third kappa shape index (κ3) is 5.36. The lowest BCUT2D eigenvalue weighted by atomic mass is 10.1. The summed E-state index contributed by atoms with van der Waals surface area (Å²) in [6.45, 7) is 7.09. The summed E-state index contributed by atoms with van der Waals surface area (Å²) in [7, 11) is 1.88. The zero-order valence-corrected chi connectivity index (χ0v) is 15.9. The van der Waals surface area contributed by atoms with Crippen LogP contribution in [0.25, 0.3) is 0 Å². The molecule has 0 saturated heterocycles. The van der Waals surface area contributed by atoms with Crippen molar-refractivity contribution in [3.05, 3.63) is 71.3 Å². The first kappa shape index (κ1) is 19.5. The van der Waals surface area contributed by atoms with Gasteiger partial charge >= 0.3 is 5.97 Å². The minimum Gasteiger partial charge on any atom is -0.441 e. The largest absolute Gasteiger partial charge is 0.441 e. The van der Waals surface area contributed by atoms with Crippen LogP contribution in [0.1, 0.15) is 19.4 Å². The molecule has 0 heterocycles. The maximum atomic E-state index is 11.5. The highest BCUT2D eigenvalue weighted by Crippen LogP contribution is 2.22. The second-order valence-corrected chi connectivity index (χ2v) is 6.20. The number of halogens is 1. The molecule has 6 heteroatoms. The van der Waals surface area contributed by atoms with Crippen molar-refractivity contribution in [3.63, 3.8) is 0 Å². The molecule has 1 N–H and O–H groups in total. The van der Waals surface area contributed by atoms with Gasteiger partial charge in [0.15, 0.2) is 6.73 Å². The van der Waals surface area contributed by atoms with Crippen molar-refractivity contribution >= 4 is 34.7 Å². The maximum absolute atomic E-state index is 11.5. The molecule has 0 fully saturated rings. The number of anilines is 2. The number of carbonyl (C=O) groups is 1. The van der Waals surface area contributed by atoms with Crippen LogP contribution in [0.3, 0.4) is 0 Å². The highest BCUT2D eigenvalue weighted by atomic mass is 35.5. The molecule has 2 rings (SSSR count). The Kier molecular flexibility index (Phi) is 6.81. The van der Waals surface area contributed by atoms with Crippen LogP contribution in [0, 0.1) is 0 Å². The van der Waals surface area contributed by atoms with Gasteiger partial charge < -0.3 is 10.1 Å². The van der Waals surface area contributed by atoms with E-state index in [-0.39, 0.29) is 6.73 Å². The van der Waals surface area contributed by atoms with Crippen LogP contribution >= 0.6 is 11.6 Å². The topological polar surface area (TPSA) is 53.9 Å². The predicted octanol–water partition coefficient (Wildman–Crippen LogP) is 4.69. The molecule has 136 valence electrons. The van der Waals surface area contributed by atoms with Gasteiger partial charge in [-0.2, -0.15) is 5.10 Å². The molecule has 0 bridgehead atoms. The maximum Gasteiger partial charge on any atom is 0.334 e. The third-order valence-electron chi connectivity index (χ3n) is 3.62. The van der Waals surface area contributed by atoms with Gasteiger partial charge in [0.05, 0.1) is 11.4 Å². The fraction of sp³-hybridized carbons (Fsp3) is 0.200. The van der Waals surface area contributed by atoms with Crippen LogP contribution in [0.5, 0.6) is 0 Å². The Morgan fingerprint density at radius 3 is 2.58 bits per heavy atom. The van der Waals surface area contributed by atoms with E-state index in [0.29, 0.717) is 10.6 Å². The second kappa shape index (κ2) is 9.06. The summed E-state index contributed by atoms with van der Waals surface area (Å²) < 4.78 is 5.09. The quantitative estimate of drug-likeness (QED) is 0.252. The Hall–Kier alpha value is -2.79. The van der Waals surface area contributed by atoms with Gasteiger partial charge in [0.25, 0.3) is 0 Å². The molecule has 2 aromatic carbocycles. The number of esters is 1. The lowest BCUT2D eigenvalue weighted by molar-refractivity contribution is -0.138. The standard InChI is InChI=1S/C20H22ClN3O2/c1-14(2)20(25)26-13-22-19-11-10-16(21)12-18(19)15(3)23-24(4)17-8-6-5-7-9-17/h5-12,22H,1,13H2,2-4H3/b23-15+. The molecule has 0 aromatic heterocycles. The van der Waals surface area contributed by atoms with Gasteiger partial charge in [-0.3, -0.25) is 5.01 Å². The number of ether oxygens (including phenoxy) is 1. The number of para-hydroxylation sites is 1. The van der Waals surface area contributed by atoms with E-state index >= 15 is 0 Å². The fourth-order valence-corrected chi connectivity index (χ4v) is 2.42. The summed E-state index contributed by atoms with van der Waals surface area (Å²) >= 11 is 6.15. The monoisotopic (exact) mass is 371 g/mol. The fourth-order valence-electron chi connectivity index (χ4n) is 2.25. The Labute approximate surface area is 158 Å². The Morgan fingerprint density at radius 2 is 1.92 bits per heavy atom. The van der Waals surface area contributed by atoms with Gasteiger partial charge in [0.2, 0.25) is 0 Å². The zero-order chi connectivity index (χ0) is 19.1. The highest BCUT2D eigenvalue weighted by Gasteiger charge is 2.09. The van der Waals surface area contributed by atoms with Crippen LogP contribution in [0.2, 0.25) is 5.02 Å². The van der Waals surface area contributed by atoms with Gasteiger partial charge in [0, 0.05) is 28.9 Å². The molecule has 0 unspecified atom stereocenters. The molecule has 0 saturated carbocycles. The molecule has 2 aromatic rings. The molecule has 0 aliphatic heterocycles. The molecule has 0 spiro atoms. The number of benzene rings is 2. The van der Waals surface area contributed by atoms with Crippen LogP contribution in [-0.4, -0.2) is 25.5 Å². The Balaban J connectivity index is 2.19. The molecule has 0 radical (unpaired) electrons. The van der Waals surface area contributed by atoms with Crippen molar-refractivity contribution < 1.29 is 9.53 Å². The molecular formula is C20H22ClN3O2. The van der Waals surface area contributed by atoms with E-state index in [1.807, 2.05) is 56.4 Å². The first-order chi connectivity index (χ1) is 12.4. The molecule has 0 aliphatic carbocycles. The number of hydrogen-bond donors (Lipinski definition) is 1. The van der Waals surface area contributed by atoms with E-state index in [0.717, 1.165) is 22.6 Å². The average Bonchev–Trinajstić information content (AvgIpc) is 2.63. The molecule has 0 amide bonds. The number of nitrogens with zero attached hydrogens (tertiary/aromatic N) is 2. The summed E-state index contributed by atoms with van der Waals surface area (Å²) in [6, 6.07) is 15.2. The van der Waals surface area contributed by atoms with Crippen LogP contribution < -0.4 is 10.3 Å². The van der Waals surface area contributed by atoms with E-state index in [1.165, 1.54) is 0 Å². The van der Waals surface area contributed by atoms with Crippen molar-refractivity contribution in [2.75, 3.05) is 24.1 Å². The van der Waals surface area contributed by atoms with E-state index in [9.17, 15) is 4.79 Å². The number of carbonyl (C=O) groups excluding carboxylic acids is 1. The Morgan fingerprint density at radius 1 is 1.23 bits per heavy atom. The number of nitrogens with one attached hydrogen (secondary N) is 1. The van der Waals surface area contributed by atoms with Crippen LogP contribution in [-0.2, 0) is 9.53 Å². The normalized spacial score (nSPS) is 11.0. The SMILES string of the molecule is C=C(C)C(=O)OCNc1ccc(Cl)cc1/C(C)=N/N(C)c1ccccc1. The van der Waals surface area contributed by atoms with Gasteiger partial charge in [-0.15, -0.1) is 0 Å². The number of rotatable bonds is 7. The van der Waals surface area contributed by atoms with Crippen molar-refractivity contribution in [3.8, 4) is 0 Å². The first-order valence-corrected chi connectivity index (χ1v) is 8.46. The minimum absolute atomic E-state index is 0.0299. The summed E-state index contributed by atoms with van der Waals surface area (Å²) in [5.41, 5.74) is 3.69. The second-order valence-electron chi connectivity index (χ2n) is 5.77. The molecule has 0 atom stereocenters. The van der Waals surface area contributed by atoms with Crippen molar-refractivity contribution in [2.24, 2.45) is 5.10 Å². The van der Waals surface area contributed by atoms with Crippen molar-refractivity contribution in [1.82, 2.24) is 0 Å². The summed E-state index contributed by atoms with van der Waals surface area (Å²) in [5, 5.41) is 10.1. The summed E-state index contributed by atoms with van der Waals surface area (Å²) in [4.78, 5) is 11.5. The third-order valence-corrected chi connectivity index (χ3v) is 3.85.